The lowest BCUT2D eigenvalue weighted by molar-refractivity contribution is 0.101. The fourth-order valence-electron chi connectivity index (χ4n) is 2.38. The lowest BCUT2D eigenvalue weighted by Gasteiger charge is -2.00. The molecule has 0 spiro atoms. The van der Waals surface area contributed by atoms with E-state index >= 15 is 0 Å². The largest absolute Gasteiger partial charge is 0.295 e. The molecular formula is C20H16N2O. The van der Waals surface area contributed by atoms with Crippen LogP contribution in [0.4, 0.5) is 0 Å². The summed E-state index contributed by atoms with van der Waals surface area (Å²) in [6.07, 6.45) is 3.45. The maximum atomic E-state index is 10.6. The number of carbonyl (C=O) groups excluding carboxylic acids is 1. The van der Waals surface area contributed by atoms with Crippen LogP contribution in [-0.4, -0.2) is 15.8 Å². The Morgan fingerprint density at radius 3 is 2.22 bits per heavy atom. The van der Waals surface area contributed by atoms with Gasteiger partial charge in [0.25, 0.3) is 0 Å². The summed E-state index contributed by atoms with van der Waals surface area (Å²) in [5.41, 5.74) is 2.70. The summed E-state index contributed by atoms with van der Waals surface area (Å²) in [5.74, 6) is 0.121. The summed E-state index contributed by atoms with van der Waals surface area (Å²) in [7, 11) is 0. The number of nitrogens with zero attached hydrogens (tertiary/aromatic N) is 2. The summed E-state index contributed by atoms with van der Waals surface area (Å²) in [6.45, 7) is 1.56. The minimum Gasteiger partial charge on any atom is -0.295 e. The van der Waals surface area contributed by atoms with E-state index in [0.717, 1.165) is 22.0 Å². The van der Waals surface area contributed by atoms with E-state index in [1.165, 1.54) is 5.39 Å². The third-order valence-electron chi connectivity index (χ3n) is 3.54. The number of benzene rings is 3. The zero-order chi connectivity index (χ0) is 16.1. The highest BCUT2D eigenvalue weighted by molar-refractivity contribution is 6.03. The van der Waals surface area contributed by atoms with Crippen LogP contribution >= 0.6 is 0 Å². The number of hydrogen-bond donors (Lipinski definition) is 0. The van der Waals surface area contributed by atoms with Gasteiger partial charge in [0.2, 0.25) is 0 Å². The molecule has 3 nitrogen and oxygen atoms in total. The van der Waals surface area contributed by atoms with E-state index in [-0.39, 0.29) is 5.78 Å². The maximum absolute atomic E-state index is 10.6. The quantitative estimate of drug-likeness (QED) is 0.379. The first kappa shape index (κ1) is 14.9. The van der Waals surface area contributed by atoms with Gasteiger partial charge in [0.15, 0.2) is 5.78 Å². The first-order chi connectivity index (χ1) is 11.3. The van der Waals surface area contributed by atoms with E-state index in [4.69, 9.17) is 0 Å². The predicted octanol–water partition coefficient (Wildman–Crippen LogP) is 4.67. The molecule has 0 aliphatic rings. The van der Waals surface area contributed by atoms with Gasteiger partial charge in [-0.05, 0) is 18.4 Å². The van der Waals surface area contributed by atoms with E-state index < -0.39 is 0 Å². The van der Waals surface area contributed by atoms with Crippen molar-refractivity contribution in [3.05, 3.63) is 84.7 Å². The van der Waals surface area contributed by atoms with Crippen molar-refractivity contribution in [2.24, 2.45) is 0 Å². The molecule has 0 aliphatic carbocycles. The van der Waals surface area contributed by atoms with Crippen molar-refractivity contribution in [1.82, 2.24) is 9.97 Å². The zero-order valence-electron chi connectivity index (χ0n) is 12.8. The van der Waals surface area contributed by atoms with Crippen LogP contribution < -0.4 is 0 Å². The van der Waals surface area contributed by atoms with Crippen molar-refractivity contribution in [1.29, 1.82) is 0 Å². The van der Waals surface area contributed by atoms with Gasteiger partial charge in [0.1, 0.15) is 0 Å². The van der Waals surface area contributed by atoms with Crippen molar-refractivity contribution in [2.75, 3.05) is 0 Å². The van der Waals surface area contributed by atoms with E-state index in [0.29, 0.717) is 0 Å². The standard InChI is InChI=1S/C12H8N2.C8H8O/c1-2-4-10-9(3-1)5-6-11-12(10)14-8-7-13-11;1-7(9)8-5-3-2-4-6-8/h1-8H;2-6H,1H3. The molecule has 0 fully saturated rings. The summed E-state index contributed by atoms with van der Waals surface area (Å²) in [6, 6.07) is 21.5. The minimum atomic E-state index is 0.121. The Kier molecular flexibility index (Phi) is 4.39. The number of fused-ring (bicyclic) bond motifs is 3. The molecule has 0 aliphatic heterocycles. The highest BCUT2D eigenvalue weighted by Gasteiger charge is 1.99. The highest BCUT2D eigenvalue weighted by Crippen LogP contribution is 2.21. The topological polar surface area (TPSA) is 42.9 Å². The molecule has 0 atom stereocenters. The summed E-state index contributed by atoms with van der Waals surface area (Å²) < 4.78 is 0. The van der Waals surface area contributed by atoms with E-state index in [1.807, 2.05) is 48.5 Å². The number of hydrogen-bond acceptors (Lipinski definition) is 3. The summed E-state index contributed by atoms with van der Waals surface area (Å²) in [4.78, 5) is 19.3. The first-order valence-corrected chi connectivity index (χ1v) is 7.40. The number of ketones is 1. The van der Waals surface area contributed by atoms with Crippen LogP contribution in [0.5, 0.6) is 0 Å². The number of Topliss-reactive ketones (excluding diaryl/α,β-unsaturated/α-hetero) is 1. The number of carbonyl (C=O) groups is 1. The molecule has 23 heavy (non-hydrogen) atoms. The van der Waals surface area contributed by atoms with Crippen LogP contribution in [0.1, 0.15) is 17.3 Å². The fourth-order valence-corrected chi connectivity index (χ4v) is 2.38. The molecule has 3 aromatic carbocycles. The average molecular weight is 300 g/mol. The van der Waals surface area contributed by atoms with Gasteiger partial charge in [0, 0.05) is 23.3 Å². The molecule has 0 radical (unpaired) electrons. The molecule has 0 amide bonds. The lowest BCUT2D eigenvalue weighted by Crippen LogP contribution is -1.88. The number of rotatable bonds is 1. The van der Waals surface area contributed by atoms with Gasteiger partial charge in [-0.25, -0.2) is 0 Å². The molecule has 0 saturated carbocycles. The second-order valence-corrected chi connectivity index (χ2v) is 5.13. The highest BCUT2D eigenvalue weighted by atomic mass is 16.1. The van der Waals surface area contributed by atoms with Crippen LogP contribution in [0.15, 0.2) is 79.1 Å². The Labute approximate surface area is 134 Å². The molecule has 1 aromatic heterocycles. The molecular weight excluding hydrogens is 284 g/mol. The van der Waals surface area contributed by atoms with E-state index in [1.54, 1.807) is 19.3 Å². The molecule has 0 unspecified atom stereocenters. The molecule has 0 bridgehead atoms. The Hall–Kier alpha value is -3.07. The van der Waals surface area contributed by atoms with Crippen LogP contribution in [0, 0.1) is 0 Å². The minimum absolute atomic E-state index is 0.121. The normalized spacial score (nSPS) is 10.1. The van der Waals surface area contributed by atoms with Crippen molar-refractivity contribution >= 4 is 27.6 Å². The fraction of sp³-hybridized carbons (Fsp3) is 0.0500. The van der Waals surface area contributed by atoms with Gasteiger partial charge in [-0.1, -0.05) is 60.7 Å². The van der Waals surface area contributed by atoms with E-state index in [9.17, 15) is 4.79 Å². The third-order valence-corrected chi connectivity index (χ3v) is 3.54. The Bertz CT molecular complexity index is 894. The van der Waals surface area contributed by atoms with Crippen molar-refractivity contribution in [3.63, 3.8) is 0 Å². The van der Waals surface area contributed by atoms with Crippen LogP contribution in [0.2, 0.25) is 0 Å². The van der Waals surface area contributed by atoms with Crippen molar-refractivity contribution in [2.45, 2.75) is 6.92 Å². The zero-order valence-corrected chi connectivity index (χ0v) is 12.8. The smallest absolute Gasteiger partial charge is 0.159 e. The molecule has 0 saturated heterocycles. The molecule has 4 rings (SSSR count). The van der Waals surface area contributed by atoms with Crippen LogP contribution in [0.3, 0.4) is 0 Å². The van der Waals surface area contributed by atoms with Crippen LogP contribution in [0.25, 0.3) is 21.8 Å². The Balaban J connectivity index is 0.000000151. The van der Waals surface area contributed by atoms with Gasteiger partial charge in [0.05, 0.1) is 11.0 Å². The summed E-state index contributed by atoms with van der Waals surface area (Å²) >= 11 is 0. The SMILES string of the molecule is CC(=O)c1ccccc1.c1ccc2c(c1)ccc1nccnc12. The van der Waals surface area contributed by atoms with Gasteiger partial charge in [-0.2, -0.15) is 0 Å². The third kappa shape index (κ3) is 3.40. The lowest BCUT2D eigenvalue weighted by atomic mass is 10.1. The Morgan fingerprint density at radius 1 is 0.783 bits per heavy atom. The molecule has 112 valence electrons. The average Bonchev–Trinajstić information content (AvgIpc) is 2.63. The summed E-state index contributed by atoms with van der Waals surface area (Å²) in [5, 5.41) is 2.37. The van der Waals surface area contributed by atoms with E-state index in [2.05, 4.69) is 28.2 Å². The van der Waals surface area contributed by atoms with Gasteiger partial charge in [-0.15, -0.1) is 0 Å². The van der Waals surface area contributed by atoms with Crippen LogP contribution in [-0.2, 0) is 0 Å². The monoisotopic (exact) mass is 300 g/mol. The molecule has 1 heterocycles. The van der Waals surface area contributed by atoms with Gasteiger partial charge in [-0.3, -0.25) is 14.8 Å². The maximum Gasteiger partial charge on any atom is 0.159 e. The molecule has 3 heteroatoms. The van der Waals surface area contributed by atoms with Gasteiger partial charge >= 0.3 is 0 Å². The Morgan fingerprint density at radius 2 is 1.48 bits per heavy atom. The first-order valence-electron chi connectivity index (χ1n) is 7.40. The van der Waals surface area contributed by atoms with Gasteiger partial charge < -0.3 is 0 Å². The molecule has 0 N–H and O–H groups in total. The second kappa shape index (κ2) is 6.79. The second-order valence-electron chi connectivity index (χ2n) is 5.13. The molecule has 4 aromatic rings. The van der Waals surface area contributed by atoms with Crippen molar-refractivity contribution in [3.8, 4) is 0 Å². The van der Waals surface area contributed by atoms with Crippen molar-refractivity contribution < 1.29 is 4.79 Å². The predicted molar refractivity (Wildman–Crippen MR) is 93.5 cm³/mol. The number of aromatic nitrogens is 2.